The van der Waals surface area contributed by atoms with Gasteiger partial charge in [0.1, 0.15) is 0 Å². The molecule has 2 fully saturated rings. The number of methoxy groups -OCH3 is 1. The fraction of sp³-hybridized carbons (Fsp3) is 0.500. The van der Waals surface area contributed by atoms with Crippen molar-refractivity contribution >= 4 is 11.6 Å². The number of carbonyl (C=O) groups excluding carboxylic acids is 1. The van der Waals surface area contributed by atoms with Crippen molar-refractivity contribution in [2.24, 2.45) is 0 Å². The lowest BCUT2D eigenvalue weighted by molar-refractivity contribution is 0.00493. The zero-order chi connectivity index (χ0) is 28.0. The van der Waals surface area contributed by atoms with E-state index >= 15 is 0 Å². The van der Waals surface area contributed by atoms with Crippen LogP contribution in [0.15, 0.2) is 42.9 Å². The summed E-state index contributed by atoms with van der Waals surface area (Å²) < 4.78 is 12.3. The lowest BCUT2D eigenvalue weighted by Crippen LogP contribution is -2.47. The number of nitrogens with one attached hydrogen (secondary N) is 1. The average Bonchev–Trinajstić information content (AvgIpc) is 3.39. The lowest BCUT2D eigenvalue weighted by Gasteiger charge is -2.41. The molecule has 0 aromatic carbocycles. The van der Waals surface area contributed by atoms with Crippen LogP contribution in [0.3, 0.4) is 0 Å². The fourth-order valence-electron chi connectivity index (χ4n) is 5.75. The van der Waals surface area contributed by atoms with Gasteiger partial charge in [0.05, 0.1) is 59.7 Å². The second-order valence-electron chi connectivity index (χ2n) is 10.6. The summed E-state index contributed by atoms with van der Waals surface area (Å²) in [6.45, 7) is 6.07. The Morgan fingerprint density at radius 2 is 1.95 bits per heavy atom. The maximum Gasteiger partial charge on any atom is 0.259 e. The molecule has 5 rings (SSSR count). The van der Waals surface area contributed by atoms with Crippen LogP contribution in [0.5, 0.6) is 0 Å². The Hall–Kier alpha value is -3.65. The van der Waals surface area contributed by atoms with Crippen LogP contribution in [-0.2, 0) is 21.3 Å². The van der Waals surface area contributed by atoms with Gasteiger partial charge in [-0.05, 0) is 69.2 Å². The van der Waals surface area contributed by atoms with Crippen molar-refractivity contribution in [3.05, 3.63) is 65.4 Å². The first-order valence-corrected chi connectivity index (χ1v) is 14.0. The second-order valence-corrected chi connectivity index (χ2v) is 10.6. The molecule has 10 nitrogen and oxygen atoms in total. The van der Waals surface area contributed by atoms with Gasteiger partial charge < -0.3 is 14.8 Å². The number of amides is 1. The number of morpholine rings is 1. The minimum Gasteiger partial charge on any atom is -0.385 e. The lowest BCUT2D eigenvalue weighted by atomic mass is 9.71. The summed E-state index contributed by atoms with van der Waals surface area (Å²) >= 11 is 0. The molecule has 1 N–H and O–H groups in total. The molecule has 1 saturated heterocycles. The highest BCUT2D eigenvalue weighted by molar-refractivity contribution is 6.04. The van der Waals surface area contributed by atoms with E-state index in [4.69, 9.17) is 9.47 Å². The summed E-state index contributed by atoms with van der Waals surface area (Å²) in [5.74, 6) is 0.388. The largest absolute Gasteiger partial charge is 0.385 e. The molecule has 0 atom stereocenters. The standard InChI is InChI=1S/C30H37N7O3/c1-22-26(20-34-37(22)28-8-5-23(18-33-28)4-3-15-39-2)29(38)35-24-6-7-27(32-19-24)30(21-31)11-9-25(10-12-30)36-13-16-40-17-14-36/h5-8,18-20,25H,3-4,9-17H2,1-2H3,(H,35,38). The van der Waals surface area contributed by atoms with E-state index in [0.29, 0.717) is 35.4 Å². The van der Waals surface area contributed by atoms with E-state index in [1.165, 1.54) is 0 Å². The topological polar surface area (TPSA) is 118 Å². The van der Waals surface area contributed by atoms with Crippen LogP contribution in [0.2, 0.25) is 0 Å². The van der Waals surface area contributed by atoms with Crippen molar-refractivity contribution in [3.63, 3.8) is 0 Å². The van der Waals surface area contributed by atoms with Gasteiger partial charge in [-0.3, -0.25) is 14.7 Å². The van der Waals surface area contributed by atoms with E-state index in [1.54, 1.807) is 24.2 Å². The minimum absolute atomic E-state index is 0.268. The maximum absolute atomic E-state index is 13.1. The molecule has 3 aromatic heterocycles. The Bertz CT molecular complexity index is 1320. The molecular weight excluding hydrogens is 506 g/mol. The summed E-state index contributed by atoms with van der Waals surface area (Å²) in [7, 11) is 1.70. The number of aryl methyl sites for hydroxylation is 1. The van der Waals surface area contributed by atoms with Crippen LogP contribution in [0.4, 0.5) is 5.69 Å². The molecule has 0 unspecified atom stereocenters. The number of hydrogen-bond donors (Lipinski definition) is 1. The monoisotopic (exact) mass is 543 g/mol. The van der Waals surface area contributed by atoms with Crippen molar-refractivity contribution in [3.8, 4) is 11.9 Å². The van der Waals surface area contributed by atoms with Gasteiger partial charge in [0.25, 0.3) is 5.91 Å². The van der Waals surface area contributed by atoms with Gasteiger partial charge in [0, 0.05) is 39.0 Å². The number of pyridine rings is 2. The van der Waals surface area contributed by atoms with Gasteiger partial charge in [-0.2, -0.15) is 10.4 Å². The molecule has 40 heavy (non-hydrogen) atoms. The van der Waals surface area contributed by atoms with Gasteiger partial charge >= 0.3 is 0 Å². The van der Waals surface area contributed by atoms with Gasteiger partial charge in [0.15, 0.2) is 5.82 Å². The molecular formula is C30H37N7O3. The van der Waals surface area contributed by atoms with Crippen LogP contribution in [0.25, 0.3) is 5.82 Å². The molecule has 1 aliphatic carbocycles. The van der Waals surface area contributed by atoms with Crippen LogP contribution < -0.4 is 5.32 Å². The van der Waals surface area contributed by atoms with Crippen LogP contribution >= 0.6 is 0 Å². The summed E-state index contributed by atoms with van der Waals surface area (Å²) in [6.07, 6.45) is 10.4. The molecule has 210 valence electrons. The van der Waals surface area contributed by atoms with E-state index in [9.17, 15) is 10.1 Å². The van der Waals surface area contributed by atoms with E-state index in [1.807, 2.05) is 37.4 Å². The van der Waals surface area contributed by atoms with Gasteiger partial charge in [-0.25, -0.2) is 9.67 Å². The molecule has 1 saturated carbocycles. The second kappa shape index (κ2) is 12.7. The number of rotatable bonds is 9. The average molecular weight is 544 g/mol. The SMILES string of the molecule is COCCCc1ccc(-n2ncc(C(=O)Nc3ccc(C4(C#N)CCC(N5CCOCC5)CC4)nc3)c2C)nc1. The van der Waals surface area contributed by atoms with Crippen molar-refractivity contribution in [2.75, 3.05) is 45.3 Å². The third kappa shape index (κ3) is 6.07. The smallest absolute Gasteiger partial charge is 0.259 e. The quantitative estimate of drug-likeness (QED) is 0.405. The summed E-state index contributed by atoms with van der Waals surface area (Å²) in [5, 5.41) is 17.5. The minimum atomic E-state index is -0.588. The molecule has 1 aliphatic heterocycles. The molecule has 4 heterocycles. The Kier molecular flexibility index (Phi) is 8.85. The first kappa shape index (κ1) is 27.9. The van der Waals surface area contributed by atoms with E-state index in [0.717, 1.165) is 76.1 Å². The van der Waals surface area contributed by atoms with Gasteiger partial charge in [-0.15, -0.1) is 0 Å². The number of aromatic nitrogens is 4. The summed E-state index contributed by atoms with van der Waals surface area (Å²) in [6, 6.07) is 10.7. The van der Waals surface area contributed by atoms with Crippen molar-refractivity contribution in [1.29, 1.82) is 5.26 Å². The normalized spacial score (nSPS) is 21.6. The van der Waals surface area contributed by atoms with Crippen molar-refractivity contribution < 1.29 is 14.3 Å². The first-order valence-electron chi connectivity index (χ1n) is 14.0. The molecule has 0 radical (unpaired) electrons. The number of carbonyl (C=O) groups is 1. The van der Waals surface area contributed by atoms with Crippen LogP contribution in [0, 0.1) is 18.3 Å². The Labute approximate surface area is 235 Å². The zero-order valence-electron chi connectivity index (χ0n) is 23.3. The fourth-order valence-corrected chi connectivity index (χ4v) is 5.75. The van der Waals surface area contributed by atoms with E-state index < -0.39 is 5.41 Å². The van der Waals surface area contributed by atoms with Gasteiger partial charge in [-0.1, -0.05) is 6.07 Å². The predicted octanol–water partition coefficient (Wildman–Crippen LogP) is 3.84. The van der Waals surface area contributed by atoms with Crippen molar-refractivity contribution in [2.45, 2.75) is 56.9 Å². The number of nitrogens with zero attached hydrogens (tertiary/aromatic N) is 6. The molecule has 0 bridgehead atoms. The number of anilines is 1. The third-order valence-corrected chi connectivity index (χ3v) is 8.19. The number of ether oxygens (including phenoxy) is 2. The first-order chi connectivity index (χ1) is 19.5. The highest BCUT2D eigenvalue weighted by Crippen LogP contribution is 2.40. The van der Waals surface area contributed by atoms with Gasteiger partial charge in [0.2, 0.25) is 0 Å². The van der Waals surface area contributed by atoms with E-state index in [2.05, 4.69) is 31.4 Å². The predicted molar refractivity (Wildman–Crippen MR) is 150 cm³/mol. The summed E-state index contributed by atoms with van der Waals surface area (Å²) in [4.78, 5) is 24.7. The Morgan fingerprint density at radius 3 is 2.60 bits per heavy atom. The van der Waals surface area contributed by atoms with Crippen LogP contribution in [-0.4, -0.2) is 76.6 Å². The molecule has 0 spiro atoms. The molecule has 1 amide bonds. The van der Waals surface area contributed by atoms with Crippen LogP contribution in [0.1, 0.15) is 59.4 Å². The highest BCUT2D eigenvalue weighted by atomic mass is 16.5. The van der Waals surface area contributed by atoms with Crippen molar-refractivity contribution in [1.82, 2.24) is 24.6 Å². The molecule has 10 heteroatoms. The number of hydrogen-bond acceptors (Lipinski definition) is 8. The summed E-state index contributed by atoms with van der Waals surface area (Å²) in [5.41, 5.74) is 3.05. The highest BCUT2D eigenvalue weighted by Gasteiger charge is 2.40. The number of nitriles is 1. The van der Waals surface area contributed by atoms with E-state index in [-0.39, 0.29) is 5.91 Å². The zero-order valence-corrected chi connectivity index (χ0v) is 23.3. The maximum atomic E-state index is 13.1. The Balaban J connectivity index is 1.21. The third-order valence-electron chi connectivity index (χ3n) is 8.19. The Morgan fingerprint density at radius 1 is 1.15 bits per heavy atom. The molecule has 3 aromatic rings. The molecule has 2 aliphatic rings.